The Bertz CT molecular complexity index is 874. The highest BCUT2D eigenvalue weighted by Crippen LogP contribution is 2.40. The lowest BCUT2D eigenvalue weighted by Gasteiger charge is -2.48. The third kappa shape index (κ3) is 8.78. The van der Waals surface area contributed by atoms with E-state index in [1.807, 2.05) is 44.2 Å². The van der Waals surface area contributed by atoms with Crippen molar-refractivity contribution in [2.75, 3.05) is 20.3 Å². The molecule has 0 bridgehead atoms. The Labute approximate surface area is 234 Å². The molecule has 1 aliphatic rings. The van der Waals surface area contributed by atoms with E-state index in [0.717, 1.165) is 23.4 Å². The standard InChI is InChI=1S/C32H54O5Si/c1-12-25(7)30-29(22-35-32(9,10)36-30)31(37-38(13-2,14-3)23(4)5)26(8)19-24(6)20-34-21-27-15-17-28(33-11)18-16-27/h12,15-19,23-25,29-31H,1,13-14,20-22H2,2-11H3/b26-19+/t24-,25-,29+,30-,31+/m1/s1. The molecule has 2 rings (SSSR count). The smallest absolute Gasteiger partial charge is 0.195 e. The fourth-order valence-electron chi connectivity index (χ4n) is 5.55. The zero-order valence-electron chi connectivity index (χ0n) is 25.7. The van der Waals surface area contributed by atoms with Gasteiger partial charge in [-0.25, -0.2) is 0 Å². The molecular weight excluding hydrogens is 492 g/mol. The van der Waals surface area contributed by atoms with E-state index < -0.39 is 14.1 Å². The van der Waals surface area contributed by atoms with Gasteiger partial charge in [0.05, 0.1) is 39.1 Å². The van der Waals surface area contributed by atoms with Gasteiger partial charge in [0.1, 0.15) is 5.75 Å². The summed E-state index contributed by atoms with van der Waals surface area (Å²) in [6.07, 6.45) is 4.23. The summed E-state index contributed by atoms with van der Waals surface area (Å²) in [6.45, 7) is 25.7. The first kappa shape index (κ1) is 32.8. The number of hydrogen-bond acceptors (Lipinski definition) is 5. The van der Waals surface area contributed by atoms with Gasteiger partial charge in [0.2, 0.25) is 0 Å². The number of rotatable bonds is 15. The van der Waals surface area contributed by atoms with Gasteiger partial charge in [-0.15, -0.1) is 6.58 Å². The van der Waals surface area contributed by atoms with E-state index in [2.05, 4.69) is 61.1 Å². The number of ether oxygens (including phenoxy) is 4. The number of hydrogen-bond donors (Lipinski definition) is 0. The van der Waals surface area contributed by atoms with E-state index in [1.165, 1.54) is 5.57 Å². The van der Waals surface area contributed by atoms with Crippen molar-refractivity contribution in [3.8, 4) is 5.75 Å². The molecule has 38 heavy (non-hydrogen) atoms. The van der Waals surface area contributed by atoms with Crippen molar-refractivity contribution in [2.45, 2.75) is 105 Å². The predicted molar refractivity (Wildman–Crippen MR) is 160 cm³/mol. The summed E-state index contributed by atoms with van der Waals surface area (Å²) < 4.78 is 31.4. The largest absolute Gasteiger partial charge is 0.497 e. The minimum Gasteiger partial charge on any atom is -0.497 e. The van der Waals surface area contributed by atoms with Crippen LogP contribution in [0.4, 0.5) is 0 Å². The van der Waals surface area contributed by atoms with E-state index in [4.69, 9.17) is 23.4 Å². The Morgan fingerprint density at radius 2 is 1.76 bits per heavy atom. The van der Waals surface area contributed by atoms with Gasteiger partial charge in [0.25, 0.3) is 0 Å². The summed E-state index contributed by atoms with van der Waals surface area (Å²) >= 11 is 0. The summed E-state index contributed by atoms with van der Waals surface area (Å²) in [5, 5.41) is 0. The highest BCUT2D eigenvalue weighted by atomic mass is 28.4. The molecular formula is C32H54O5Si. The zero-order chi connectivity index (χ0) is 28.5. The maximum absolute atomic E-state index is 7.31. The van der Waals surface area contributed by atoms with Gasteiger partial charge in [-0.3, -0.25) is 0 Å². The molecule has 0 aromatic heterocycles. The fraction of sp³-hybridized carbons (Fsp3) is 0.688. The second-order valence-electron chi connectivity index (χ2n) is 11.8. The molecule has 5 nitrogen and oxygen atoms in total. The lowest BCUT2D eigenvalue weighted by Crippen LogP contribution is -2.55. The van der Waals surface area contributed by atoms with Gasteiger partial charge in [-0.2, -0.15) is 0 Å². The van der Waals surface area contributed by atoms with Gasteiger partial charge >= 0.3 is 0 Å². The molecule has 0 amide bonds. The van der Waals surface area contributed by atoms with Crippen molar-refractivity contribution < 1.29 is 23.4 Å². The van der Waals surface area contributed by atoms with E-state index in [-0.39, 0.29) is 30.0 Å². The first-order valence-electron chi connectivity index (χ1n) is 14.4. The quantitative estimate of drug-likeness (QED) is 0.164. The molecule has 1 saturated heterocycles. The van der Waals surface area contributed by atoms with Crippen LogP contribution in [0, 0.1) is 17.8 Å². The van der Waals surface area contributed by atoms with Crippen LogP contribution >= 0.6 is 0 Å². The summed E-state index contributed by atoms with van der Waals surface area (Å²) in [5.74, 6) is 0.754. The second kappa shape index (κ2) is 14.8. The Morgan fingerprint density at radius 3 is 2.29 bits per heavy atom. The Balaban J connectivity index is 2.28. The maximum atomic E-state index is 7.31. The van der Waals surface area contributed by atoms with Crippen molar-refractivity contribution in [3.63, 3.8) is 0 Å². The van der Waals surface area contributed by atoms with Crippen LogP contribution in [-0.2, 0) is 25.2 Å². The van der Waals surface area contributed by atoms with Crippen molar-refractivity contribution in [3.05, 3.63) is 54.1 Å². The summed E-state index contributed by atoms with van der Waals surface area (Å²) in [6, 6.07) is 10.2. The molecule has 1 aromatic rings. The monoisotopic (exact) mass is 546 g/mol. The third-order valence-electron chi connectivity index (χ3n) is 8.16. The van der Waals surface area contributed by atoms with Crippen LogP contribution in [0.2, 0.25) is 17.6 Å². The van der Waals surface area contributed by atoms with Crippen molar-refractivity contribution in [2.24, 2.45) is 17.8 Å². The highest BCUT2D eigenvalue weighted by Gasteiger charge is 2.46. The molecule has 216 valence electrons. The topological polar surface area (TPSA) is 46.2 Å². The average molecular weight is 547 g/mol. The van der Waals surface area contributed by atoms with Gasteiger partial charge in [-0.1, -0.05) is 65.8 Å². The summed E-state index contributed by atoms with van der Waals surface area (Å²) in [5.41, 5.74) is 2.90. The molecule has 0 radical (unpaired) electrons. The summed E-state index contributed by atoms with van der Waals surface area (Å²) in [7, 11) is -0.308. The molecule has 1 aromatic carbocycles. The van der Waals surface area contributed by atoms with Crippen LogP contribution in [0.3, 0.4) is 0 Å². The van der Waals surface area contributed by atoms with E-state index in [0.29, 0.717) is 25.4 Å². The van der Waals surface area contributed by atoms with Crippen LogP contribution in [0.5, 0.6) is 5.75 Å². The summed E-state index contributed by atoms with van der Waals surface area (Å²) in [4.78, 5) is 0. The van der Waals surface area contributed by atoms with Gasteiger partial charge in [0.15, 0.2) is 14.1 Å². The highest BCUT2D eigenvalue weighted by molar-refractivity contribution is 6.75. The lowest BCUT2D eigenvalue weighted by atomic mass is 9.83. The molecule has 1 aliphatic heterocycles. The van der Waals surface area contributed by atoms with Crippen molar-refractivity contribution in [1.82, 2.24) is 0 Å². The molecule has 0 saturated carbocycles. The molecule has 6 heteroatoms. The molecule has 0 aliphatic carbocycles. The number of methoxy groups -OCH3 is 1. The molecule has 1 heterocycles. The zero-order valence-corrected chi connectivity index (χ0v) is 26.7. The van der Waals surface area contributed by atoms with E-state index >= 15 is 0 Å². The first-order chi connectivity index (χ1) is 17.9. The predicted octanol–water partition coefficient (Wildman–Crippen LogP) is 8.16. The van der Waals surface area contributed by atoms with Crippen LogP contribution in [-0.4, -0.2) is 46.6 Å². The fourth-order valence-corrected chi connectivity index (χ4v) is 9.15. The van der Waals surface area contributed by atoms with Crippen LogP contribution in [0.1, 0.15) is 67.9 Å². The molecule has 1 fully saturated rings. The Hall–Kier alpha value is -1.44. The molecule has 0 spiro atoms. The normalized spacial score (nSPS) is 22.7. The second-order valence-corrected chi connectivity index (χ2v) is 16.7. The molecule has 5 atom stereocenters. The lowest BCUT2D eigenvalue weighted by molar-refractivity contribution is -0.305. The maximum Gasteiger partial charge on any atom is 0.195 e. The van der Waals surface area contributed by atoms with Gasteiger partial charge in [0, 0.05) is 11.8 Å². The van der Waals surface area contributed by atoms with Crippen LogP contribution < -0.4 is 4.74 Å². The SMILES string of the molecule is C=C[C@@H](C)[C@H]1OC(C)(C)OC[C@@H]1[C@@H](O[Si](CC)(CC)C(C)C)/C(C)=C/[C@@H](C)COCc1ccc(OC)cc1. The van der Waals surface area contributed by atoms with E-state index in [9.17, 15) is 0 Å². The average Bonchev–Trinajstić information content (AvgIpc) is 2.89. The minimum atomic E-state index is -1.99. The van der Waals surface area contributed by atoms with Crippen LogP contribution in [0.15, 0.2) is 48.6 Å². The Kier molecular flexibility index (Phi) is 12.8. The van der Waals surface area contributed by atoms with Crippen LogP contribution in [0.25, 0.3) is 0 Å². The first-order valence-corrected chi connectivity index (χ1v) is 16.8. The van der Waals surface area contributed by atoms with Crippen molar-refractivity contribution >= 4 is 8.32 Å². The number of benzene rings is 1. The van der Waals surface area contributed by atoms with E-state index in [1.54, 1.807) is 7.11 Å². The third-order valence-corrected chi connectivity index (χ3v) is 13.4. The van der Waals surface area contributed by atoms with Crippen molar-refractivity contribution in [1.29, 1.82) is 0 Å². The van der Waals surface area contributed by atoms with Gasteiger partial charge < -0.3 is 23.4 Å². The Morgan fingerprint density at radius 1 is 1.13 bits per heavy atom. The van der Waals surface area contributed by atoms with Gasteiger partial charge in [-0.05, 0) is 67.6 Å². The minimum absolute atomic E-state index is 0.0289. The molecule has 0 unspecified atom stereocenters. The molecule has 0 N–H and O–H groups in total.